The predicted octanol–water partition coefficient (Wildman–Crippen LogP) is 3.29. The Morgan fingerprint density at radius 3 is 2.29 bits per heavy atom. The van der Waals surface area contributed by atoms with Crippen LogP contribution in [-0.4, -0.2) is 68.1 Å². The van der Waals surface area contributed by atoms with Crippen LogP contribution in [0.15, 0.2) is 54.6 Å². The molecule has 1 unspecified atom stereocenters. The molecule has 31 heavy (non-hydrogen) atoms. The lowest BCUT2D eigenvalue weighted by molar-refractivity contribution is -0.137. The van der Waals surface area contributed by atoms with Crippen molar-refractivity contribution in [3.8, 4) is 5.75 Å². The van der Waals surface area contributed by atoms with Gasteiger partial charge >= 0.3 is 6.03 Å². The molecule has 7 nitrogen and oxygen atoms in total. The summed E-state index contributed by atoms with van der Waals surface area (Å²) in [6.07, 6.45) is 1.69. The van der Waals surface area contributed by atoms with E-state index in [1.807, 2.05) is 47.4 Å². The van der Waals surface area contributed by atoms with Crippen molar-refractivity contribution >= 4 is 23.3 Å². The Morgan fingerprint density at radius 2 is 1.61 bits per heavy atom. The van der Waals surface area contributed by atoms with Gasteiger partial charge in [0.1, 0.15) is 5.75 Å². The number of hydrogen-bond donors (Lipinski definition) is 1. The number of carbonyl (C=O) groups excluding carboxylic acids is 2. The molecule has 2 aliphatic heterocycles. The summed E-state index contributed by atoms with van der Waals surface area (Å²) < 4.78 is 5.23. The molecule has 0 aliphatic carbocycles. The number of nitrogens with one attached hydrogen (secondary N) is 1. The molecule has 0 radical (unpaired) electrons. The van der Waals surface area contributed by atoms with Crippen LogP contribution in [0.4, 0.5) is 16.2 Å². The number of anilines is 2. The monoisotopic (exact) mass is 422 g/mol. The first kappa shape index (κ1) is 21.0. The van der Waals surface area contributed by atoms with E-state index in [1.165, 1.54) is 0 Å². The molecule has 0 spiro atoms. The number of methoxy groups -OCH3 is 1. The van der Waals surface area contributed by atoms with E-state index in [-0.39, 0.29) is 17.9 Å². The van der Waals surface area contributed by atoms with E-state index >= 15 is 0 Å². The zero-order valence-corrected chi connectivity index (χ0v) is 18.0. The Bertz CT molecular complexity index is 879. The highest BCUT2D eigenvalue weighted by atomic mass is 16.5. The number of benzene rings is 2. The van der Waals surface area contributed by atoms with Gasteiger partial charge in [-0.2, -0.15) is 0 Å². The van der Waals surface area contributed by atoms with E-state index < -0.39 is 0 Å². The standard InChI is InChI=1S/C24H30N4O3/c1-31-22-11-9-21(10-12-22)26-14-16-27(17-15-26)23(29)19-6-5-13-28(18-19)24(30)25-20-7-3-2-4-8-20/h2-4,7-12,19H,5-6,13-18H2,1H3,(H,25,30). The average molecular weight is 423 g/mol. The van der Waals surface area contributed by atoms with Gasteiger partial charge in [0.05, 0.1) is 13.0 Å². The topological polar surface area (TPSA) is 65.1 Å². The van der Waals surface area contributed by atoms with Gasteiger partial charge in [-0.25, -0.2) is 4.79 Å². The number of carbonyl (C=O) groups is 2. The van der Waals surface area contributed by atoms with Crippen LogP contribution in [0.5, 0.6) is 5.75 Å². The van der Waals surface area contributed by atoms with Crippen LogP contribution in [0.1, 0.15) is 12.8 Å². The molecular weight excluding hydrogens is 392 g/mol. The van der Waals surface area contributed by atoms with Crippen LogP contribution in [0.25, 0.3) is 0 Å². The van der Waals surface area contributed by atoms with Gasteiger partial charge in [-0.1, -0.05) is 18.2 Å². The third-order valence-electron chi connectivity index (χ3n) is 6.11. The van der Waals surface area contributed by atoms with Gasteiger partial charge in [-0.15, -0.1) is 0 Å². The Hall–Kier alpha value is -3.22. The van der Waals surface area contributed by atoms with Gasteiger partial charge < -0.3 is 24.8 Å². The summed E-state index contributed by atoms with van der Waals surface area (Å²) in [6, 6.07) is 17.3. The molecule has 7 heteroatoms. The van der Waals surface area contributed by atoms with E-state index in [9.17, 15) is 9.59 Å². The fourth-order valence-electron chi connectivity index (χ4n) is 4.32. The smallest absolute Gasteiger partial charge is 0.321 e. The zero-order valence-electron chi connectivity index (χ0n) is 18.0. The van der Waals surface area contributed by atoms with Crippen molar-refractivity contribution in [3.63, 3.8) is 0 Å². The van der Waals surface area contributed by atoms with Crippen LogP contribution in [0, 0.1) is 5.92 Å². The molecule has 3 amide bonds. The van der Waals surface area contributed by atoms with Crippen LogP contribution < -0.4 is 15.0 Å². The second kappa shape index (κ2) is 9.73. The fraction of sp³-hybridized carbons (Fsp3) is 0.417. The number of piperazine rings is 1. The van der Waals surface area contributed by atoms with Gasteiger partial charge in [0.25, 0.3) is 0 Å². The van der Waals surface area contributed by atoms with Crippen LogP contribution >= 0.6 is 0 Å². The van der Waals surface area contributed by atoms with Gasteiger partial charge in [-0.05, 0) is 49.2 Å². The second-order valence-corrected chi connectivity index (χ2v) is 8.09. The van der Waals surface area contributed by atoms with Gasteiger partial charge in [0.15, 0.2) is 0 Å². The minimum absolute atomic E-state index is 0.122. The molecule has 0 aromatic heterocycles. The third-order valence-corrected chi connectivity index (χ3v) is 6.11. The highest BCUT2D eigenvalue weighted by Crippen LogP contribution is 2.23. The molecule has 0 bridgehead atoms. The summed E-state index contributed by atoms with van der Waals surface area (Å²) in [4.78, 5) is 31.8. The van der Waals surface area contributed by atoms with Crippen LogP contribution in [-0.2, 0) is 4.79 Å². The number of urea groups is 1. The highest BCUT2D eigenvalue weighted by molar-refractivity contribution is 5.90. The summed E-state index contributed by atoms with van der Waals surface area (Å²) >= 11 is 0. The minimum Gasteiger partial charge on any atom is -0.497 e. The van der Waals surface area contributed by atoms with E-state index in [0.717, 1.165) is 43.1 Å². The Labute approximate surface area is 183 Å². The first-order valence-corrected chi connectivity index (χ1v) is 10.9. The number of hydrogen-bond acceptors (Lipinski definition) is 4. The lowest BCUT2D eigenvalue weighted by Crippen LogP contribution is -2.53. The second-order valence-electron chi connectivity index (χ2n) is 8.09. The molecule has 2 aromatic carbocycles. The largest absolute Gasteiger partial charge is 0.497 e. The molecule has 164 valence electrons. The molecule has 1 atom stereocenters. The summed E-state index contributed by atoms with van der Waals surface area (Å²) in [5.74, 6) is 0.894. The van der Waals surface area contributed by atoms with Gasteiger partial charge in [-0.3, -0.25) is 4.79 Å². The number of likely N-dealkylation sites (tertiary alicyclic amines) is 1. The number of nitrogens with zero attached hydrogens (tertiary/aromatic N) is 3. The molecule has 2 aliphatic rings. The predicted molar refractivity (Wildman–Crippen MR) is 122 cm³/mol. The number of amides is 3. The minimum atomic E-state index is -0.131. The molecular formula is C24H30N4O3. The average Bonchev–Trinajstić information content (AvgIpc) is 2.84. The van der Waals surface area contributed by atoms with E-state index in [2.05, 4.69) is 22.3 Å². The maximum atomic E-state index is 13.1. The third kappa shape index (κ3) is 5.10. The van der Waals surface area contributed by atoms with Crippen molar-refractivity contribution < 1.29 is 14.3 Å². The lowest BCUT2D eigenvalue weighted by atomic mass is 9.96. The molecule has 2 saturated heterocycles. The zero-order chi connectivity index (χ0) is 21.6. The van der Waals surface area contributed by atoms with Crippen molar-refractivity contribution in [1.82, 2.24) is 9.80 Å². The van der Waals surface area contributed by atoms with E-state index in [1.54, 1.807) is 12.0 Å². The molecule has 2 fully saturated rings. The van der Waals surface area contributed by atoms with Crippen molar-refractivity contribution in [2.75, 3.05) is 56.6 Å². The fourth-order valence-corrected chi connectivity index (χ4v) is 4.32. The Balaban J connectivity index is 1.29. The SMILES string of the molecule is COc1ccc(N2CCN(C(=O)C3CCCN(C(=O)Nc4ccccc4)C3)CC2)cc1. The Kier molecular flexibility index (Phi) is 6.60. The normalized spacial score (nSPS) is 19.1. The summed E-state index contributed by atoms with van der Waals surface area (Å²) in [7, 11) is 1.66. The first-order valence-electron chi connectivity index (χ1n) is 10.9. The van der Waals surface area contributed by atoms with Crippen LogP contribution in [0.3, 0.4) is 0 Å². The quantitative estimate of drug-likeness (QED) is 0.821. The lowest BCUT2D eigenvalue weighted by Gasteiger charge is -2.39. The van der Waals surface area contributed by atoms with E-state index in [0.29, 0.717) is 26.2 Å². The number of piperidine rings is 1. The Morgan fingerprint density at radius 1 is 0.903 bits per heavy atom. The summed E-state index contributed by atoms with van der Waals surface area (Å²) in [5, 5.41) is 2.93. The van der Waals surface area contributed by atoms with Crippen molar-refractivity contribution in [2.45, 2.75) is 12.8 Å². The highest BCUT2D eigenvalue weighted by Gasteiger charge is 2.32. The molecule has 1 N–H and O–H groups in total. The molecule has 2 heterocycles. The number of para-hydroxylation sites is 1. The molecule has 0 saturated carbocycles. The van der Waals surface area contributed by atoms with E-state index in [4.69, 9.17) is 4.74 Å². The number of ether oxygens (including phenoxy) is 1. The van der Waals surface area contributed by atoms with Crippen molar-refractivity contribution in [2.24, 2.45) is 5.92 Å². The molecule has 2 aromatic rings. The molecule has 4 rings (SSSR count). The maximum absolute atomic E-state index is 13.1. The van der Waals surface area contributed by atoms with Crippen molar-refractivity contribution in [3.05, 3.63) is 54.6 Å². The van der Waals surface area contributed by atoms with Gasteiger partial charge in [0.2, 0.25) is 5.91 Å². The van der Waals surface area contributed by atoms with Crippen LogP contribution in [0.2, 0.25) is 0 Å². The van der Waals surface area contributed by atoms with Crippen molar-refractivity contribution in [1.29, 1.82) is 0 Å². The summed E-state index contributed by atoms with van der Waals surface area (Å²) in [5.41, 5.74) is 1.92. The summed E-state index contributed by atoms with van der Waals surface area (Å²) in [6.45, 7) is 4.20. The first-order chi connectivity index (χ1) is 15.1. The maximum Gasteiger partial charge on any atom is 0.321 e. The number of rotatable bonds is 4. The van der Waals surface area contributed by atoms with Gasteiger partial charge in [0, 0.05) is 50.6 Å².